The second kappa shape index (κ2) is 3.79. The van der Waals surface area contributed by atoms with Crippen LogP contribution in [0.5, 0.6) is 0 Å². The molecule has 14 heavy (non-hydrogen) atoms. The molecular formula is C9H13N3O2. The third kappa shape index (κ3) is 1.63. The minimum Gasteiger partial charge on any atom is -0.464 e. The molecule has 0 aromatic carbocycles. The number of nitrogens with zero attached hydrogens (tertiary/aromatic N) is 1. The first-order valence-corrected chi connectivity index (χ1v) is 4.65. The van der Waals surface area contributed by atoms with Crippen LogP contribution in [0.1, 0.15) is 28.5 Å². The predicted octanol–water partition coefficient (Wildman–Crippen LogP) is 0.273. The van der Waals surface area contributed by atoms with Gasteiger partial charge in [0, 0.05) is 18.2 Å². The van der Waals surface area contributed by atoms with Crippen LogP contribution < -0.4 is 5.32 Å². The number of nitrogens with one attached hydrogen (secondary N) is 2. The number of ether oxygens (including phenoxy) is 1. The van der Waals surface area contributed by atoms with Crippen LogP contribution in [0.4, 0.5) is 0 Å². The molecule has 1 saturated heterocycles. The zero-order valence-corrected chi connectivity index (χ0v) is 8.04. The number of H-pyrrole nitrogens is 1. The highest BCUT2D eigenvalue weighted by molar-refractivity contribution is 5.87. The molecule has 2 rings (SSSR count). The maximum absolute atomic E-state index is 11.1. The van der Waals surface area contributed by atoms with Crippen molar-refractivity contribution in [2.45, 2.75) is 12.3 Å². The van der Waals surface area contributed by atoms with Crippen molar-refractivity contribution in [1.29, 1.82) is 0 Å². The van der Waals surface area contributed by atoms with Gasteiger partial charge in [0.05, 0.1) is 7.11 Å². The van der Waals surface area contributed by atoms with Crippen LogP contribution in [0.25, 0.3) is 0 Å². The monoisotopic (exact) mass is 195 g/mol. The first-order valence-electron chi connectivity index (χ1n) is 4.65. The van der Waals surface area contributed by atoms with E-state index in [-0.39, 0.29) is 0 Å². The first-order chi connectivity index (χ1) is 6.81. The van der Waals surface area contributed by atoms with Gasteiger partial charge < -0.3 is 10.1 Å². The Bertz CT molecular complexity index is 329. The van der Waals surface area contributed by atoms with Gasteiger partial charge in [-0.3, -0.25) is 5.10 Å². The van der Waals surface area contributed by atoms with Crippen molar-refractivity contribution in [2.75, 3.05) is 20.2 Å². The van der Waals surface area contributed by atoms with Crippen molar-refractivity contribution in [3.8, 4) is 0 Å². The van der Waals surface area contributed by atoms with Gasteiger partial charge in [0.15, 0.2) is 5.69 Å². The van der Waals surface area contributed by atoms with Crippen LogP contribution >= 0.6 is 0 Å². The zero-order valence-electron chi connectivity index (χ0n) is 8.04. The zero-order chi connectivity index (χ0) is 9.97. The van der Waals surface area contributed by atoms with Crippen LogP contribution in [-0.4, -0.2) is 36.4 Å². The molecule has 0 saturated carbocycles. The molecule has 0 amide bonds. The number of hydrogen-bond donors (Lipinski definition) is 2. The maximum atomic E-state index is 11.1. The number of esters is 1. The average molecular weight is 195 g/mol. The molecule has 1 aliphatic rings. The van der Waals surface area contributed by atoms with Gasteiger partial charge in [0.2, 0.25) is 0 Å². The Morgan fingerprint density at radius 3 is 3.21 bits per heavy atom. The Kier molecular flexibility index (Phi) is 2.49. The Morgan fingerprint density at radius 1 is 1.71 bits per heavy atom. The van der Waals surface area contributed by atoms with E-state index in [0.29, 0.717) is 11.6 Å². The molecule has 1 aliphatic heterocycles. The van der Waals surface area contributed by atoms with E-state index in [0.717, 1.165) is 25.2 Å². The highest BCUT2D eigenvalue weighted by Crippen LogP contribution is 2.20. The minimum atomic E-state index is -0.390. The third-order valence-electron chi connectivity index (χ3n) is 2.49. The van der Waals surface area contributed by atoms with Crippen LogP contribution in [0, 0.1) is 0 Å². The normalized spacial score (nSPS) is 21.1. The summed E-state index contributed by atoms with van der Waals surface area (Å²) in [6, 6.07) is 1.77. The van der Waals surface area contributed by atoms with Crippen molar-refractivity contribution < 1.29 is 9.53 Å². The lowest BCUT2D eigenvalue weighted by molar-refractivity contribution is 0.0594. The van der Waals surface area contributed by atoms with E-state index in [9.17, 15) is 4.79 Å². The van der Waals surface area contributed by atoms with E-state index in [2.05, 4.69) is 20.3 Å². The molecule has 1 aromatic rings. The highest BCUT2D eigenvalue weighted by atomic mass is 16.5. The smallest absolute Gasteiger partial charge is 0.358 e. The predicted molar refractivity (Wildman–Crippen MR) is 50.2 cm³/mol. The lowest BCUT2D eigenvalue weighted by atomic mass is 10.1. The Labute approximate surface area is 81.8 Å². The second-order valence-corrected chi connectivity index (χ2v) is 3.39. The molecule has 1 aromatic heterocycles. The van der Waals surface area contributed by atoms with Crippen molar-refractivity contribution in [3.05, 3.63) is 17.5 Å². The number of rotatable bonds is 2. The lowest BCUT2D eigenvalue weighted by Crippen LogP contribution is -2.08. The average Bonchev–Trinajstić information content (AvgIpc) is 2.86. The SMILES string of the molecule is COC(=O)c1cc([C@H]2CCNC2)[nH]n1. The van der Waals surface area contributed by atoms with Crippen molar-refractivity contribution in [2.24, 2.45) is 0 Å². The lowest BCUT2D eigenvalue weighted by Gasteiger charge is -2.02. The van der Waals surface area contributed by atoms with Gasteiger partial charge in [-0.2, -0.15) is 5.10 Å². The second-order valence-electron chi connectivity index (χ2n) is 3.39. The summed E-state index contributed by atoms with van der Waals surface area (Å²) in [5.41, 5.74) is 1.37. The van der Waals surface area contributed by atoms with Gasteiger partial charge in [-0.05, 0) is 19.0 Å². The molecule has 0 unspecified atom stereocenters. The summed E-state index contributed by atoms with van der Waals surface area (Å²) >= 11 is 0. The van der Waals surface area contributed by atoms with Crippen molar-refractivity contribution >= 4 is 5.97 Å². The van der Waals surface area contributed by atoms with Crippen LogP contribution in [-0.2, 0) is 4.74 Å². The summed E-state index contributed by atoms with van der Waals surface area (Å²) in [5.74, 6) is 0.0550. The summed E-state index contributed by atoms with van der Waals surface area (Å²) in [6.07, 6.45) is 1.09. The van der Waals surface area contributed by atoms with E-state index in [1.807, 2.05) is 0 Å². The Balaban J connectivity index is 2.12. The highest BCUT2D eigenvalue weighted by Gasteiger charge is 2.20. The van der Waals surface area contributed by atoms with Gasteiger partial charge >= 0.3 is 5.97 Å². The van der Waals surface area contributed by atoms with E-state index < -0.39 is 5.97 Å². The van der Waals surface area contributed by atoms with E-state index in [4.69, 9.17) is 0 Å². The third-order valence-corrected chi connectivity index (χ3v) is 2.49. The summed E-state index contributed by atoms with van der Waals surface area (Å²) in [5, 5.41) is 10.0. The number of carbonyl (C=O) groups is 1. The standard InChI is InChI=1S/C9H13N3O2/c1-14-9(13)8-4-7(11-12-8)6-2-3-10-5-6/h4,6,10H,2-3,5H2,1H3,(H,11,12)/t6-/m0/s1. The van der Waals surface area contributed by atoms with Gasteiger partial charge in [-0.25, -0.2) is 4.79 Å². The molecule has 1 atom stereocenters. The molecule has 0 spiro atoms. The Morgan fingerprint density at radius 2 is 2.57 bits per heavy atom. The largest absolute Gasteiger partial charge is 0.464 e. The summed E-state index contributed by atoms with van der Waals surface area (Å²) in [4.78, 5) is 11.1. The van der Waals surface area contributed by atoms with E-state index >= 15 is 0 Å². The van der Waals surface area contributed by atoms with E-state index in [1.54, 1.807) is 6.07 Å². The number of carbonyl (C=O) groups excluding carboxylic acids is 1. The molecule has 5 nitrogen and oxygen atoms in total. The fourth-order valence-corrected chi connectivity index (χ4v) is 1.68. The number of aromatic amines is 1. The topological polar surface area (TPSA) is 67.0 Å². The molecule has 0 radical (unpaired) electrons. The fourth-order valence-electron chi connectivity index (χ4n) is 1.68. The van der Waals surface area contributed by atoms with Gasteiger partial charge in [-0.15, -0.1) is 0 Å². The van der Waals surface area contributed by atoms with Crippen molar-refractivity contribution in [1.82, 2.24) is 15.5 Å². The van der Waals surface area contributed by atoms with Crippen LogP contribution in [0.3, 0.4) is 0 Å². The maximum Gasteiger partial charge on any atom is 0.358 e. The summed E-state index contributed by atoms with van der Waals surface area (Å²) in [7, 11) is 1.35. The van der Waals surface area contributed by atoms with Gasteiger partial charge in [-0.1, -0.05) is 0 Å². The van der Waals surface area contributed by atoms with Gasteiger partial charge in [0.1, 0.15) is 0 Å². The van der Waals surface area contributed by atoms with Gasteiger partial charge in [0.25, 0.3) is 0 Å². The van der Waals surface area contributed by atoms with Crippen LogP contribution in [0.15, 0.2) is 6.07 Å². The number of aromatic nitrogens is 2. The summed E-state index contributed by atoms with van der Waals surface area (Å²) in [6.45, 7) is 1.97. The fraction of sp³-hybridized carbons (Fsp3) is 0.556. The molecule has 0 bridgehead atoms. The molecule has 2 heterocycles. The molecule has 5 heteroatoms. The molecule has 0 aliphatic carbocycles. The van der Waals surface area contributed by atoms with Crippen LogP contribution in [0.2, 0.25) is 0 Å². The Hall–Kier alpha value is -1.36. The number of methoxy groups -OCH3 is 1. The molecular weight excluding hydrogens is 182 g/mol. The van der Waals surface area contributed by atoms with E-state index in [1.165, 1.54) is 7.11 Å². The molecule has 1 fully saturated rings. The molecule has 76 valence electrons. The number of hydrogen-bond acceptors (Lipinski definition) is 4. The molecule has 2 N–H and O–H groups in total. The van der Waals surface area contributed by atoms with Crippen molar-refractivity contribution in [3.63, 3.8) is 0 Å². The first kappa shape index (κ1) is 9.21. The summed E-state index contributed by atoms with van der Waals surface area (Å²) < 4.78 is 4.58. The quantitative estimate of drug-likeness (QED) is 0.665. The minimum absolute atomic E-state index is 0.356.